The number of carbonyl (C=O) groups is 4. The molecule has 0 amide bonds. The lowest BCUT2D eigenvalue weighted by atomic mass is 9.99. The minimum absolute atomic E-state index is 0.0376. The highest BCUT2D eigenvalue weighted by Crippen LogP contribution is 2.35. The second-order valence-corrected chi connectivity index (χ2v) is 20.0. The van der Waals surface area contributed by atoms with Crippen molar-refractivity contribution < 1.29 is 127 Å². The van der Waals surface area contributed by atoms with Crippen molar-refractivity contribution in [1.29, 1.82) is 0 Å². The number of methoxy groups -OCH3 is 3. The van der Waals surface area contributed by atoms with Gasteiger partial charge >= 0.3 is 30.1 Å². The summed E-state index contributed by atoms with van der Waals surface area (Å²) in [6, 6.07) is 0. The van der Waals surface area contributed by atoms with Crippen LogP contribution in [-0.2, 0) is 114 Å². The molecule has 0 radical (unpaired) electrons. The Bertz CT molecular complexity index is 2000. The fourth-order valence-electron chi connectivity index (χ4n) is 8.64. The van der Waals surface area contributed by atoms with E-state index in [9.17, 15) is 32.3 Å². The van der Waals surface area contributed by atoms with E-state index in [2.05, 4.69) is 47.1 Å². The second-order valence-electron chi connectivity index (χ2n) is 20.0. The number of rotatable bonds is 21. The zero-order valence-electron chi connectivity index (χ0n) is 45.3. The molecule has 444 valence electrons. The average molecular weight is 1130 g/mol. The Kier molecular flexibility index (Phi) is 25.5. The number of carbonyl (C=O) groups excluding carboxylic acids is 4. The summed E-state index contributed by atoms with van der Waals surface area (Å²) in [6.07, 6.45) is -9.36. The van der Waals surface area contributed by atoms with Gasteiger partial charge in [-0.05, 0) is 19.3 Å². The third-order valence-corrected chi connectivity index (χ3v) is 12.4. The van der Waals surface area contributed by atoms with Crippen LogP contribution in [-0.4, -0.2) is 236 Å². The van der Waals surface area contributed by atoms with Gasteiger partial charge in [-0.15, -0.1) is 0 Å². The van der Waals surface area contributed by atoms with Crippen molar-refractivity contribution in [3.63, 3.8) is 0 Å². The minimum atomic E-state index is -4.82. The van der Waals surface area contributed by atoms with E-state index < -0.39 is 72.3 Å². The summed E-state index contributed by atoms with van der Waals surface area (Å²) in [6.45, 7) is 26.2. The van der Waals surface area contributed by atoms with Crippen LogP contribution in [0.15, 0.2) is 49.1 Å². The standard InChI is InChI=1S/C16H26O6.C12H15F3O6.C12H18O6.C11H16O6/c1-10(2)15(17)22-12-7-20-13-11(6-19-14(12)13)21-9-18-8-16(3,4)5;1-6(12(13,14)15)11(16)21-8-4-19-9-7(20-5-17-2)3-18-10(8)9;1-7(2)12(13)18-9-5-16-10-8(17-6-14-3)4-15-11(9)10;1-3-9(12)17-8-5-15-10-7(16-6-13-2)4-14-11(8)10/h11-14H,1,6-9H2,2-5H3;7-10H,1,3-5H2,2H3;8-11H,1,4-6H2,2-3H3;3,7-8,10-11H,1,4-6H2,2H3. The molecule has 8 aliphatic rings. The average Bonchev–Trinajstić information content (AvgIpc) is 4.32. The lowest BCUT2D eigenvalue weighted by molar-refractivity contribution is -0.160. The third kappa shape index (κ3) is 18.5. The number of ether oxygens (including phenoxy) is 20. The summed E-state index contributed by atoms with van der Waals surface area (Å²) < 4.78 is 144. The van der Waals surface area contributed by atoms with Gasteiger partial charge in [-0.2, -0.15) is 13.2 Å². The fourth-order valence-corrected chi connectivity index (χ4v) is 8.64. The van der Waals surface area contributed by atoms with Gasteiger partial charge in [-0.1, -0.05) is 47.1 Å². The molecule has 27 heteroatoms. The van der Waals surface area contributed by atoms with Gasteiger partial charge in [0, 0.05) is 38.6 Å². The Hall–Kier alpha value is -4.01. The van der Waals surface area contributed by atoms with Crippen molar-refractivity contribution in [2.75, 3.05) is 108 Å². The van der Waals surface area contributed by atoms with Crippen LogP contribution in [0.1, 0.15) is 34.6 Å². The summed E-state index contributed by atoms with van der Waals surface area (Å²) in [5, 5.41) is 0. The topological polar surface area (TPSA) is 253 Å². The maximum atomic E-state index is 12.3. The molecule has 0 aromatic rings. The molecule has 0 bridgehead atoms. The van der Waals surface area contributed by atoms with E-state index >= 15 is 0 Å². The number of hydrogen-bond acceptors (Lipinski definition) is 24. The van der Waals surface area contributed by atoms with Gasteiger partial charge < -0.3 is 94.7 Å². The molecule has 0 spiro atoms. The SMILES string of the molecule is C=C(C(=O)OC1COC2C(OCOC)COC12)C(F)(F)F.C=C(C)C(=O)OC1COC2C(OCOC)COC12.C=C(C)C(=O)OC1COC2C(OCOCC(C)(C)C)COC12.C=CC(=O)OC1COC2C(OCOC)COC12. The van der Waals surface area contributed by atoms with Crippen LogP contribution in [0.3, 0.4) is 0 Å². The summed E-state index contributed by atoms with van der Waals surface area (Å²) in [7, 11) is 4.56. The van der Waals surface area contributed by atoms with Crippen LogP contribution < -0.4 is 0 Å². The van der Waals surface area contributed by atoms with Crippen molar-refractivity contribution in [2.45, 2.75) is 138 Å². The molecular weight excluding hydrogens is 1050 g/mol. The van der Waals surface area contributed by atoms with Crippen LogP contribution in [0.25, 0.3) is 0 Å². The van der Waals surface area contributed by atoms with Crippen molar-refractivity contribution >= 4 is 23.9 Å². The van der Waals surface area contributed by atoms with Crippen molar-refractivity contribution in [2.24, 2.45) is 5.41 Å². The Labute approximate surface area is 451 Å². The minimum Gasteiger partial charge on any atom is -0.454 e. The largest absolute Gasteiger partial charge is 0.454 e. The molecule has 16 atom stereocenters. The second kappa shape index (κ2) is 30.7. The summed E-state index contributed by atoms with van der Waals surface area (Å²) in [5.41, 5.74) is -0.728. The van der Waals surface area contributed by atoms with Crippen LogP contribution in [0.5, 0.6) is 0 Å². The van der Waals surface area contributed by atoms with E-state index in [1.54, 1.807) is 28.1 Å². The zero-order valence-corrected chi connectivity index (χ0v) is 45.3. The number of alkyl halides is 3. The Morgan fingerprint density at radius 1 is 0.462 bits per heavy atom. The molecule has 8 saturated heterocycles. The molecule has 0 N–H and O–H groups in total. The van der Waals surface area contributed by atoms with Gasteiger partial charge in [0.05, 0.1) is 59.5 Å². The molecule has 8 fully saturated rings. The van der Waals surface area contributed by atoms with Crippen LogP contribution >= 0.6 is 0 Å². The van der Waals surface area contributed by atoms with E-state index in [0.29, 0.717) is 57.4 Å². The number of hydrogen-bond donors (Lipinski definition) is 0. The maximum Gasteiger partial charge on any atom is 0.422 e. The van der Waals surface area contributed by atoms with Gasteiger partial charge in [0.1, 0.15) is 106 Å². The summed E-state index contributed by atoms with van der Waals surface area (Å²) in [4.78, 5) is 45.5. The molecule has 0 aliphatic carbocycles. The first-order valence-electron chi connectivity index (χ1n) is 25.0. The maximum absolute atomic E-state index is 12.3. The van der Waals surface area contributed by atoms with E-state index in [-0.39, 0.29) is 107 Å². The highest BCUT2D eigenvalue weighted by molar-refractivity contribution is 5.89. The monoisotopic (exact) mass is 1130 g/mol. The van der Waals surface area contributed by atoms with Gasteiger partial charge in [-0.3, -0.25) is 0 Å². The van der Waals surface area contributed by atoms with Crippen LogP contribution in [0.4, 0.5) is 13.2 Å². The zero-order chi connectivity index (χ0) is 57.3. The van der Waals surface area contributed by atoms with E-state index in [1.165, 1.54) is 7.11 Å². The van der Waals surface area contributed by atoms with Gasteiger partial charge in [0.25, 0.3) is 0 Å². The van der Waals surface area contributed by atoms with E-state index in [0.717, 1.165) is 6.08 Å². The molecule has 16 unspecified atom stereocenters. The predicted octanol–water partition coefficient (Wildman–Crippen LogP) is 2.61. The first kappa shape index (κ1) is 64.8. The third-order valence-electron chi connectivity index (χ3n) is 12.4. The normalized spacial score (nSPS) is 33.1. The number of esters is 4. The first-order chi connectivity index (χ1) is 37.0. The Balaban J connectivity index is 0.000000192. The van der Waals surface area contributed by atoms with Gasteiger partial charge in [0.15, 0.2) is 24.4 Å². The van der Waals surface area contributed by atoms with Crippen LogP contribution in [0, 0.1) is 5.41 Å². The molecule has 8 aliphatic heterocycles. The molecule has 0 saturated carbocycles. The Morgan fingerprint density at radius 2 is 0.731 bits per heavy atom. The molecule has 78 heavy (non-hydrogen) atoms. The quantitative estimate of drug-likeness (QED) is 0.0526. The van der Waals surface area contributed by atoms with E-state index in [4.69, 9.17) is 94.7 Å². The smallest absolute Gasteiger partial charge is 0.422 e. The lowest BCUT2D eigenvalue weighted by Crippen LogP contribution is -2.36. The van der Waals surface area contributed by atoms with Gasteiger partial charge in [-0.25, -0.2) is 19.2 Å². The van der Waals surface area contributed by atoms with Crippen molar-refractivity contribution in [3.8, 4) is 0 Å². The first-order valence-corrected chi connectivity index (χ1v) is 25.0. The number of halogens is 3. The highest BCUT2D eigenvalue weighted by atomic mass is 19.4. The van der Waals surface area contributed by atoms with Crippen molar-refractivity contribution in [3.05, 3.63) is 49.1 Å². The highest BCUT2D eigenvalue weighted by Gasteiger charge is 2.54. The Morgan fingerprint density at radius 3 is 1.00 bits per heavy atom. The number of fused-ring (bicyclic) bond motifs is 4. The molecule has 0 aromatic heterocycles. The summed E-state index contributed by atoms with van der Waals surface area (Å²) >= 11 is 0. The summed E-state index contributed by atoms with van der Waals surface area (Å²) in [5.74, 6) is -2.84. The van der Waals surface area contributed by atoms with E-state index in [1.807, 2.05) is 0 Å². The molecule has 8 rings (SSSR count). The predicted molar refractivity (Wildman–Crippen MR) is 258 cm³/mol. The lowest BCUT2D eigenvalue weighted by Gasteiger charge is -2.20. The fraction of sp³-hybridized carbons (Fsp3) is 0.765. The van der Waals surface area contributed by atoms with Crippen LogP contribution in [0.2, 0.25) is 0 Å². The molecule has 8 heterocycles. The molecule has 24 nitrogen and oxygen atoms in total. The van der Waals surface area contributed by atoms with Crippen molar-refractivity contribution in [1.82, 2.24) is 0 Å². The van der Waals surface area contributed by atoms with Gasteiger partial charge in [0.2, 0.25) is 0 Å². The molecule has 0 aromatic carbocycles. The molecular formula is C51H75F3O24.